The summed E-state index contributed by atoms with van der Waals surface area (Å²) in [6, 6.07) is 4.75. The summed E-state index contributed by atoms with van der Waals surface area (Å²) in [4.78, 5) is 0. The topological polar surface area (TPSA) is 0 Å². The Morgan fingerprint density at radius 2 is 2.25 bits per heavy atom. The van der Waals surface area contributed by atoms with Crippen LogP contribution in [0.25, 0.3) is 0 Å². The molecule has 0 aliphatic carbocycles. The van der Waals surface area contributed by atoms with E-state index in [0.717, 1.165) is 4.47 Å². The zero-order valence-corrected chi connectivity index (χ0v) is 8.62. The van der Waals surface area contributed by atoms with Crippen LogP contribution in [0.5, 0.6) is 0 Å². The van der Waals surface area contributed by atoms with E-state index in [4.69, 9.17) is 11.6 Å². The van der Waals surface area contributed by atoms with Crippen LogP contribution in [0, 0.1) is 5.82 Å². The van der Waals surface area contributed by atoms with Gasteiger partial charge in [0.1, 0.15) is 5.82 Å². The van der Waals surface area contributed by atoms with Crippen molar-refractivity contribution in [2.75, 3.05) is 0 Å². The number of rotatable bonds is 2. The van der Waals surface area contributed by atoms with Crippen LogP contribution in [-0.4, -0.2) is 0 Å². The third-order valence-electron chi connectivity index (χ3n) is 1.39. The molecule has 0 aromatic heterocycles. The van der Waals surface area contributed by atoms with Gasteiger partial charge in [-0.1, -0.05) is 34.1 Å². The van der Waals surface area contributed by atoms with E-state index in [2.05, 4.69) is 22.5 Å². The molecule has 0 radical (unpaired) electrons. The van der Waals surface area contributed by atoms with E-state index < -0.39 is 0 Å². The standard InChI is InChI=1S/C9H7BrClF/c1-6(11)4-7-5-8(10)2-3-9(7)12/h2-3,5H,1,4H2. The van der Waals surface area contributed by atoms with Crippen LogP contribution in [0.15, 0.2) is 34.3 Å². The first kappa shape index (κ1) is 9.75. The number of allylic oxidation sites excluding steroid dienone is 1. The molecule has 0 fully saturated rings. The van der Waals surface area contributed by atoms with Gasteiger partial charge in [-0.3, -0.25) is 0 Å². The third kappa shape index (κ3) is 2.61. The van der Waals surface area contributed by atoms with Gasteiger partial charge in [0, 0.05) is 15.9 Å². The molecule has 0 nitrogen and oxygen atoms in total. The summed E-state index contributed by atoms with van der Waals surface area (Å²) < 4.78 is 13.9. The van der Waals surface area contributed by atoms with Crippen molar-refractivity contribution >= 4 is 27.5 Å². The molecule has 0 atom stereocenters. The molecular weight excluding hydrogens is 242 g/mol. The molecule has 0 N–H and O–H groups in total. The second kappa shape index (κ2) is 4.06. The molecule has 0 saturated carbocycles. The van der Waals surface area contributed by atoms with Crippen molar-refractivity contribution in [2.45, 2.75) is 6.42 Å². The molecule has 1 aromatic rings. The predicted octanol–water partition coefficient (Wildman–Crippen LogP) is 3.88. The normalized spacial score (nSPS) is 9.92. The van der Waals surface area contributed by atoms with E-state index in [0.29, 0.717) is 17.0 Å². The van der Waals surface area contributed by atoms with Crippen molar-refractivity contribution in [1.82, 2.24) is 0 Å². The highest BCUT2D eigenvalue weighted by atomic mass is 79.9. The quantitative estimate of drug-likeness (QED) is 0.746. The van der Waals surface area contributed by atoms with E-state index >= 15 is 0 Å². The Hall–Kier alpha value is -0.340. The molecule has 0 bridgehead atoms. The molecule has 3 heteroatoms. The van der Waals surface area contributed by atoms with Gasteiger partial charge in [-0.2, -0.15) is 0 Å². The Kier molecular flexibility index (Phi) is 3.29. The number of hydrogen-bond donors (Lipinski definition) is 0. The van der Waals surface area contributed by atoms with Gasteiger partial charge in [-0.25, -0.2) is 4.39 Å². The average Bonchev–Trinajstić information content (AvgIpc) is 1.96. The first-order valence-electron chi connectivity index (χ1n) is 3.37. The monoisotopic (exact) mass is 248 g/mol. The molecule has 0 saturated heterocycles. The predicted molar refractivity (Wildman–Crippen MR) is 52.8 cm³/mol. The minimum Gasteiger partial charge on any atom is -0.207 e. The summed E-state index contributed by atoms with van der Waals surface area (Å²) >= 11 is 8.81. The van der Waals surface area contributed by atoms with E-state index in [1.165, 1.54) is 6.07 Å². The molecular formula is C9H7BrClF. The summed E-state index contributed by atoms with van der Waals surface area (Å²) in [5, 5.41) is 0.437. The van der Waals surface area contributed by atoms with Crippen LogP contribution < -0.4 is 0 Å². The molecule has 64 valence electrons. The van der Waals surface area contributed by atoms with Gasteiger partial charge < -0.3 is 0 Å². The fourth-order valence-electron chi connectivity index (χ4n) is 0.885. The second-order valence-electron chi connectivity index (χ2n) is 2.43. The highest BCUT2D eigenvalue weighted by Crippen LogP contribution is 2.18. The smallest absolute Gasteiger partial charge is 0.126 e. The molecule has 0 aliphatic rings. The third-order valence-corrected chi connectivity index (χ3v) is 2.02. The first-order valence-corrected chi connectivity index (χ1v) is 4.54. The maximum Gasteiger partial charge on any atom is 0.126 e. The zero-order chi connectivity index (χ0) is 9.14. The fraction of sp³-hybridized carbons (Fsp3) is 0.111. The van der Waals surface area contributed by atoms with Gasteiger partial charge >= 0.3 is 0 Å². The van der Waals surface area contributed by atoms with E-state index in [1.807, 2.05) is 0 Å². The second-order valence-corrected chi connectivity index (χ2v) is 3.88. The van der Waals surface area contributed by atoms with Gasteiger partial charge in [-0.15, -0.1) is 0 Å². The minimum atomic E-state index is -0.250. The highest BCUT2D eigenvalue weighted by molar-refractivity contribution is 9.10. The van der Waals surface area contributed by atoms with Gasteiger partial charge in [0.25, 0.3) is 0 Å². The summed E-state index contributed by atoms with van der Waals surface area (Å²) in [6.45, 7) is 3.50. The molecule has 0 aliphatic heterocycles. The molecule has 0 spiro atoms. The van der Waals surface area contributed by atoms with E-state index in [1.54, 1.807) is 12.1 Å². The summed E-state index contributed by atoms with van der Waals surface area (Å²) in [6.07, 6.45) is 0.368. The summed E-state index contributed by atoms with van der Waals surface area (Å²) in [5.41, 5.74) is 0.560. The van der Waals surface area contributed by atoms with E-state index in [-0.39, 0.29) is 5.82 Å². The van der Waals surface area contributed by atoms with E-state index in [9.17, 15) is 4.39 Å². The molecule has 1 aromatic carbocycles. The Balaban J connectivity index is 2.97. The van der Waals surface area contributed by atoms with Gasteiger partial charge in [0.05, 0.1) is 0 Å². The zero-order valence-electron chi connectivity index (χ0n) is 6.28. The molecule has 0 amide bonds. The SMILES string of the molecule is C=C(Cl)Cc1cc(Br)ccc1F. The van der Waals surface area contributed by atoms with Crippen molar-refractivity contribution < 1.29 is 4.39 Å². The van der Waals surface area contributed by atoms with Gasteiger partial charge in [0.2, 0.25) is 0 Å². The summed E-state index contributed by atoms with van der Waals surface area (Å²) in [5.74, 6) is -0.250. The van der Waals surface area contributed by atoms with Crippen LogP contribution in [0.3, 0.4) is 0 Å². The number of hydrogen-bond acceptors (Lipinski definition) is 0. The minimum absolute atomic E-state index is 0.250. The average molecular weight is 250 g/mol. The molecule has 1 rings (SSSR count). The maximum atomic E-state index is 13.0. The van der Waals surface area contributed by atoms with Crippen molar-refractivity contribution in [3.63, 3.8) is 0 Å². The Bertz CT molecular complexity index is 309. The number of halogens is 3. The lowest BCUT2D eigenvalue weighted by Gasteiger charge is -2.01. The largest absolute Gasteiger partial charge is 0.207 e. The lowest BCUT2D eigenvalue weighted by molar-refractivity contribution is 0.614. The maximum absolute atomic E-state index is 13.0. The van der Waals surface area contributed by atoms with Crippen molar-refractivity contribution in [1.29, 1.82) is 0 Å². The van der Waals surface area contributed by atoms with Crippen molar-refractivity contribution in [3.8, 4) is 0 Å². The van der Waals surface area contributed by atoms with Crippen molar-refractivity contribution in [2.24, 2.45) is 0 Å². The molecule has 0 heterocycles. The molecule has 0 unspecified atom stereocenters. The lowest BCUT2D eigenvalue weighted by atomic mass is 10.1. The van der Waals surface area contributed by atoms with Gasteiger partial charge in [-0.05, 0) is 23.8 Å². The number of benzene rings is 1. The van der Waals surface area contributed by atoms with Gasteiger partial charge in [0.15, 0.2) is 0 Å². The fourth-order valence-corrected chi connectivity index (χ4v) is 1.44. The lowest BCUT2D eigenvalue weighted by Crippen LogP contribution is -1.89. The van der Waals surface area contributed by atoms with Crippen LogP contribution in [0.4, 0.5) is 4.39 Å². The van der Waals surface area contributed by atoms with Crippen LogP contribution in [0.2, 0.25) is 0 Å². The first-order chi connectivity index (χ1) is 5.59. The van der Waals surface area contributed by atoms with Crippen LogP contribution in [-0.2, 0) is 6.42 Å². The van der Waals surface area contributed by atoms with Crippen LogP contribution in [0.1, 0.15) is 5.56 Å². The Morgan fingerprint density at radius 3 is 2.83 bits per heavy atom. The highest BCUT2D eigenvalue weighted by Gasteiger charge is 2.02. The summed E-state index contributed by atoms with van der Waals surface area (Å²) in [7, 11) is 0. The van der Waals surface area contributed by atoms with Crippen molar-refractivity contribution in [3.05, 3.63) is 45.7 Å². The Morgan fingerprint density at radius 1 is 1.58 bits per heavy atom. The molecule has 12 heavy (non-hydrogen) atoms. The van der Waals surface area contributed by atoms with Crippen LogP contribution >= 0.6 is 27.5 Å². The Labute approximate surface area is 84.2 Å².